The van der Waals surface area contributed by atoms with Gasteiger partial charge in [-0.3, -0.25) is 33.6 Å². The van der Waals surface area contributed by atoms with Crippen molar-refractivity contribution in [1.29, 1.82) is 0 Å². The summed E-state index contributed by atoms with van der Waals surface area (Å²) in [5.74, 6) is -7.79. The quantitative estimate of drug-likeness (QED) is 0.0918. The lowest BCUT2D eigenvalue weighted by atomic mass is 9.83. The van der Waals surface area contributed by atoms with Crippen molar-refractivity contribution < 1.29 is 53.0 Å². The fourth-order valence-corrected chi connectivity index (χ4v) is 6.37. The van der Waals surface area contributed by atoms with E-state index in [1.807, 2.05) is 0 Å². The summed E-state index contributed by atoms with van der Waals surface area (Å²) in [6.45, 7) is 5.86. The molecular formula is C36H50N8O11. The molecule has 5 atom stereocenters. The molecule has 55 heavy (non-hydrogen) atoms. The number of nitrogens with zero attached hydrogens (tertiary/aromatic N) is 3. The predicted octanol–water partition coefficient (Wildman–Crippen LogP) is -0.461. The third-order valence-corrected chi connectivity index (χ3v) is 9.43. The first kappa shape index (κ1) is 43.7. The second kappa shape index (κ2) is 19.5. The van der Waals surface area contributed by atoms with Gasteiger partial charge in [0.15, 0.2) is 17.2 Å². The van der Waals surface area contributed by atoms with Crippen LogP contribution in [0.3, 0.4) is 0 Å². The van der Waals surface area contributed by atoms with Crippen LogP contribution in [-0.2, 0) is 38.3 Å². The summed E-state index contributed by atoms with van der Waals surface area (Å²) >= 11 is 0. The van der Waals surface area contributed by atoms with Gasteiger partial charge in [-0.15, -0.1) is 0 Å². The van der Waals surface area contributed by atoms with Crippen molar-refractivity contribution in [3.63, 3.8) is 0 Å². The number of aromatic nitrogens is 2. The minimum absolute atomic E-state index is 0.0463. The monoisotopic (exact) mass is 770 g/mol. The third kappa shape index (κ3) is 12.1. The Morgan fingerprint density at radius 3 is 2.18 bits per heavy atom. The van der Waals surface area contributed by atoms with E-state index in [0.717, 1.165) is 42.6 Å². The molecule has 7 N–H and O–H groups in total. The van der Waals surface area contributed by atoms with Gasteiger partial charge < -0.3 is 41.7 Å². The number of hydrogen-bond donors (Lipinski definition) is 6. The molecule has 0 spiro atoms. The summed E-state index contributed by atoms with van der Waals surface area (Å²) in [7, 11) is 1.18. The van der Waals surface area contributed by atoms with Crippen molar-refractivity contribution in [1.82, 2.24) is 36.1 Å². The zero-order valence-corrected chi connectivity index (χ0v) is 31.6. The zero-order valence-electron chi connectivity index (χ0n) is 31.6. The number of amides is 6. The Hall–Kier alpha value is -5.75. The molecule has 1 saturated heterocycles. The Morgan fingerprint density at radius 2 is 1.60 bits per heavy atom. The van der Waals surface area contributed by atoms with E-state index in [1.54, 1.807) is 20.8 Å². The molecule has 0 aromatic carbocycles. The van der Waals surface area contributed by atoms with E-state index < -0.39 is 107 Å². The minimum Gasteiger partial charge on any atom is -0.476 e. The number of ether oxygens (including phenoxy) is 1. The number of carboxylic acid groups (broad SMARTS) is 1. The van der Waals surface area contributed by atoms with E-state index in [9.17, 15) is 48.3 Å². The second-order valence-electron chi connectivity index (χ2n) is 14.6. The second-order valence-corrected chi connectivity index (χ2v) is 14.6. The van der Waals surface area contributed by atoms with Crippen LogP contribution < -0.4 is 27.0 Å². The number of likely N-dealkylation sites (tertiary alicyclic amines) is 1. The maximum absolute atomic E-state index is 14.3. The number of hydrogen-bond acceptors (Lipinski definition) is 12. The van der Waals surface area contributed by atoms with Gasteiger partial charge in [-0.25, -0.2) is 19.6 Å². The van der Waals surface area contributed by atoms with Crippen LogP contribution in [0, 0.1) is 11.3 Å². The molecule has 0 unspecified atom stereocenters. The Kier molecular flexibility index (Phi) is 15.5. The standard InChI is InChI=1S/C36H50N8O11/c1-19(29(37)47)40-32(50)25(20-11-7-6-8-12-20)42-31(49)23-17-21(45)18-44(23)34(52)28(36(2,3)4)43-30(48)22(13-9-10-14-24(46)55-5)41-33(51)26-27(35(53)54)39-16-15-38-26/h10,14-16,19-20,22-23,25,28H,6-9,11-13,17-18H2,1-5H3,(H2,37,47)(H,40,50)(H,41,51)(H,42,49)(H,43,48)(H,53,54)/b14-10+/t19-,22-,23-,25-,28+/m0/s1. The lowest BCUT2D eigenvalue weighted by molar-refractivity contribution is -0.145. The van der Waals surface area contributed by atoms with Gasteiger partial charge in [0.25, 0.3) is 5.91 Å². The summed E-state index contributed by atoms with van der Waals surface area (Å²) in [5, 5.41) is 19.8. The molecule has 1 aliphatic heterocycles. The van der Waals surface area contributed by atoms with Crippen LogP contribution in [0.1, 0.15) is 100 Å². The molecular weight excluding hydrogens is 720 g/mol. The molecule has 19 nitrogen and oxygen atoms in total. The highest BCUT2D eigenvalue weighted by atomic mass is 16.5. The van der Waals surface area contributed by atoms with Crippen LogP contribution in [0.5, 0.6) is 0 Å². The Bertz CT molecular complexity index is 1690. The molecule has 1 aliphatic carbocycles. The van der Waals surface area contributed by atoms with E-state index >= 15 is 0 Å². The molecule has 2 heterocycles. The van der Waals surface area contributed by atoms with Gasteiger partial charge in [-0.2, -0.15) is 0 Å². The minimum atomic E-state index is -1.54. The highest BCUT2D eigenvalue weighted by Gasteiger charge is 2.46. The number of esters is 1. The first-order valence-corrected chi connectivity index (χ1v) is 18.0. The number of carbonyl (C=O) groups is 9. The number of nitrogens with one attached hydrogen (secondary N) is 4. The lowest BCUT2D eigenvalue weighted by Crippen LogP contribution is -2.61. The summed E-state index contributed by atoms with van der Waals surface area (Å²) in [4.78, 5) is 125. The molecule has 1 aromatic heterocycles. The van der Waals surface area contributed by atoms with Crippen LogP contribution >= 0.6 is 0 Å². The zero-order chi connectivity index (χ0) is 41.0. The number of carboxylic acids is 1. The van der Waals surface area contributed by atoms with Crippen LogP contribution in [0.25, 0.3) is 0 Å². The van der Waals surface area contributed by atoms with Gasteiger partial charge in [0, 0.05) is 24.9 Å². The number of primary amides is 1. The number of allylic oxidation sites excluding steroid dienone is 1. The summed E-state index contributed by atoms with van der Waals surface area (Å²) in [5.41, 5.74) is 3.07. The average molecular weight is 771 g/mol. The Labute approximate surface area is 318 Å². The molecule has 2 aliphatic rings. The van der Waals surface area contributed by atoms with Gasteiger partial charge in [0.2, 0.25) is 29.5 Å². The van der Waals surface area contributed by atoms with E-state index in [0.29, 0.717) is 12.8 Å². The summed E-state index contributed by atoms with van der Waals surface area (Å²) in [6.07, 6.45) is 8.07. The van der Waals surface area contributed by atoms with Crippen molar-refractivity contribution in [2.45, 2.75) is 109 Å². The van der Waals surface area contributed by atoms with E-state index in [-0.39, 0.29) is 25.2 Å². The van der Waals surface area contributed by atoms with Crippen molar-refractivity contribution in [3.8, 4) is 0 Å². The molecule has 19 heteroatoms. The molecule has 300 valence electrons. The fraction of sp³-hybridized carbons (Fsp3) is 0.583. The maximum Gasteiger partial charge on any atom is 0.356 e. The number of aromatic carboxylic acids is 1. The molecule has 0 radical (unpaired) electrons. The first-order valence-electron chi connectivity index (χ1n) is 18.0. The third-order valence-electron chi connectivity index (χ3n) is 9.43. The molecule has 1 aromatic rings. The number of ketones is 1. The number of carbonyl (C=O) groups excluding carboxylic acids is 8. The normalized spacial score (nSPS) is 18.4. The highest BCUT2D eigenvalue weighted by Crippen LogP contribution is 2.29. The molecule has 3 rings (SSSR count). The first-order chi connectivity index (χ1) is 25.8. The van der Waals surface area contributed by atoms with E-state index in [2.05, 4.69) is 36.0 Å². The smallest absolute Gasteiger partial charge is 0.356 e. The van der Waals surface area contributed by atoms with Crippen LogP contribution in [-0.4, -0.2) is 117 Å². The number of rotatable bonds is 16. The summed E-state index contributed by atoms with van der Waals surface area (Å²) in [6, 6.07) is -6.21. The van der Waals surface area contributed by atoms with Crippen LogP contribution in [0.2, 0.25) is 0 Å². The lowest BCUT2D eigenvalue weighted by Gasteiger charge is -2.36. The average Bonchev–Trinajstić information content (AvgIpc) is 3.54. The van der Waals surface area contributed by atoms with Crippen molar-refractivity contribution in [3.05, 3.63) is 35.9 Å². The SMILES string of the molecule is COC(=O)/C=C/CC[C@H](NC(=O)c1nccnc1C(=O)O)C(=O)N[C@H](C(=O)N1CC(=O)C[C@H]1C(=O)N[C@H](C(=O)N[C@@H](C)C(N)=O)C1CCCCC1)C(C)(C)C. The van der Waals surface area contributed by atoms with Crippen molar-refractivity contribution in [2.75, 3.05) is 13.7 Å². The summed E-state index contributed by atoms with van der Waals surface area (Å²) < 4.78 is 4.57. The fourth-order valence-electron chi connectivity index (χ4n) is 6.37. The molecule has 2 fully saturated rings. The van der Waals surface area contributed by atoms with Crippen molar-refractivity contribution in [2.24, 2.45) is 17.1 Å². The van der Waals surface area contributed by atoms with E-state index in [1.165, 1.54) is 20.1 Å². The highest BCUT2D eigenvalue weighted by molar-refractivity contribution is 6.05. The molecule has 0 bridgehead atoms. The van der Waals surface area contributed by atoms with Gasteiger partial charge in [-0.05, 0) is 43.9 Å². The van der Waals surface area contributed by atoms with Crippen LogP contribution in [0.4, 0.5) is 0 Å². The van der Waals surface area contributed by atoms with Crippen LogP contribution in [0.15, 0.2) is 24.5 Å². The van der Waals surface area contributed by atoms with E-state index in [4.69, 9.17) is 5.73 Å². The van der Waals surface area contributed by atoms with Gasteiger partial charge >= 0.3 is 11.9 Å². The number of Topliss-reactive ketones (excluding diaryl/α,β-unsaturated/α-hetero) is 1. The van der Waals surface area contributed by atoms with Gasteiger partial charge in [0.1, 0.15) is 30.2 Å². The largest absolute Gasteiger partial charge is 0.476 e. The predicted molar refractivity (Wildman–Crippen MR) is 192 cm³/mol. The van der Waals surface area contributed by atoms with Gasteiger partial charge in [-0.1, -0.05) is 46.1 Å². The maximum atomic E-state index is 14.3. The Balaban J connectivity index is 1.89. The van der Waals surface area contributed by atoms with Crippen molar-refractivity contribution >= 4 is 53.2 Å². The number of nitrogens with two attached hydrogens (primary N) is 1. The molecule has 1 saturated carbocycles. The van der Waals surface area contributed by atoms with Gasteiger partial charge in [0.05, 0.1) is 13.7 Å². The molecule has 6 amide bonds. The topological polar surface area (TPSA) is 286 Å². The number of methoxy groups -OCH3 is 1. The Morgan fingerprint density at radius 1 is 0.964 bits per heavy atom.